The number of likely N-dealkylation sites (tertiary alicyclic amines) is 1. The summed E-state index contributed by atoms with van der Waals surface area (Å²) in [6.45, 7) is 1.48. The van der Waals surface area contributed by atoms with Crippen molar-refractivity contribution in [2.24, 2.45) is 11.8 Å². The zero-order chi connectivity index (χ0) is 35.9. The number of para-hydroxylation sites is 1. The van der Waals surface area contributed by atoms with E-state index in [1.165, 1.54) is 9.80 Å². The van der Waals surface area contributed by atoms with Crippen LogP contribution in [0.2, 0.25) is 5.02 Å². The smallest absolute Gasteiger partial charge is 0.313 e. The number of esters is 1. The molecule has 0 unspecified atom stereocenters. The van der Waals surface area contributed by atoms with Gasteiger partial charge in [-0.2, -0.15) is 0 Å². The summed E-state index contributed by atoms with van der Waals surface area (Å²) < 4.78 is 13.2. The van der Waals surface area contributed by atoms with Crippen molar-refractivity contribution in [3.63, 3.8) is 0 Å². The average molecular weight is 710 g/mol. The lowest BCUT2D eigenvalue weighted by Gasteiger charge is -2.38. The second-order valence-corrected chi connectivity index (χ2v) is 13.9. The number of hydrogen-bond acceptors (Lipinski definition) is 7. The highest BCUT2D eigenvalue weighted by Gasteiger charge is 2.73. The fourth-order valence-corrected chi connectivity index (χ4v) is 8.32. The lowest BCUT2D eigenvalue weighted by molar-refractivity contribution is -0.164. The molecule has 7 rings (SSSR count). The summed E-state index contributed by atoms with van der Waals surface area (Å²) in [5, 5.41) is 11.2. The number of benzene rings is 3. The number of halogens is 1. The minimum absolute atomic E-state index is 0.108. The number of cyclic esters (lactones) is 1. The monoisotopic (exact) mass is 709 g/mol. The Bertz CT molecular complexity index is 1870. The second kappa shape index (κ2) is 14.1. The minimum atomic E-state index is -1.61. The van der Waals surface area contributed by atoms with Crippen LogP contribution in [0.3, 0.4) is 0 Å². The lowest BCUT2D eigenvalue weighted by atomic mass is 9.77. The Morgan fingerprint density at radius 3 is 2.31 bits per heavy atom. The van der Waals surface area contributed by atoms with E-state index in [1.807, 2.05) is 43.3 Å². The molecular weight excluding hydrogens is 670 g/mol. The molecule has 0 saturated carbocycles. The van der Waals surface area contributed by atoms with E-state index in [0.29, 0.717) is 28.3 Å². The number of ether oxygens (including phenoxy) is 2. The van der Waals surface area contributed by atoms with Crippen LogP contribution in [-0.4, -0.2) is 82.6 Å². The summed E-state index contributed by atoms with van der Waals surface area (Å²) in [4.78, 5) is 62.5. The maximum atomic E-state index is 15.1. The van der Waals surface area contributed by atoms with E-state index in [-0.39, 0.29) is 18.9 Å². The fourth-order valence-electron chi connectivity index (χ4n) is 8.08. The number of aliphatic hydroxyl groups excluding tert-OH is 1. The first-order valence-electron chi connectivity index (χ1n) is 17.2. The van der Waals surface area contributed by atoms with E-state index in [4.69, 9.17) is 21.1 Å². The maximum absolute atomic E-state index is 15.1. The molecule has 0 aliphatic carbocycles. The molecule has 3 aromatic rings. The third kappa shape index (κ3) is 5.95. The molecule has 51 heavy (non-hydrogen) atoms. The molecule has 1 N–H and O–H groups in total. The van der Waals surface area contributed by atoms with Crippen molar-refractivity contribution < 1.29 is 33.8 Å². The number of carbonyl (C=O) groups is 4. The van der Waals surface area contributed by atoms with Gasteiger partial charge in [0.2, 0.25) is 11.8 Å². The van der Waals surface area contributed by atoms with Gasteiger partial charge in [-0.15, -0.1) is 0 Å². The second-order valence-electron chi connectivity index (χ2n) is 13.5. The summed E-state index contributed by atoms with van der Waals surface area (Å²) in [5.41, 5.74) is 0.167. The molecule has 4 aliphatic rings. The number of anilines is 1. The topological polar surface area (TPSA) is 117 Å². The van der Waals surface area contributed by atoms with Gasteiger partial charge in [-0.25, -0.2) is 0 Å². The van der Waals surface area contributed by atoms with Gasteiger partial charge in [-0.3, -0.25) is 19.2 Å². The molecule has 3 aromatic carbocycles. The summed E-state index contributed by atoms with van der Waals surface area (Å²) in [6, 6.07) is 22.4. The summed E-state index contributed by atoms with van der Waals surface area (Å²) in [5.74, 6) is -4.10. The molecule has 4 heterocycles. The van der Waals surface area contributed by atoms with Crippen molar-refractivity contribution in [1.82, 2.24) is 9.80 Å². The van der Waals surface area contributed by atoms with Crippen LogP contribution in [0.1, 0.15) is 43.0 Å². The molecule has 1 spiro atoms. The molecule has 264 valence electrons. The van der Waals surface area contributed by atoms with Gasteiger partial charge >= 0.3 is 5.97 Å². The van der Waals surface area contributed by atoms with E-state index < -0.39 is 72.2 Å². The van der Waals surface area contributed by atoms with Gasteiger partial charge in [0.05, 0.1) is 41.4 Å². The maximum Gasteiger partial charge on any atom is 0.313 e. The van der Waals surface area contributed by atoms with Gasteiger partial charge in [0.25, 0.3) is 5.91 Å². The van der Waals surface area contributed by atoms with E-state index in [9.17, 15) is 19.5 Å². The molecule has 0 bridgehead atoms. The Labute approximate surface area is 301 Å². The zero-order valence-electron chi connectivity index (χ0n) is 28.4. The van der Waals surface area contributed by atoms with Crippen LogP contribution in [0.5, 0.6) is 0 Å². The molecule has 0 aromatic heterocycles. The van der Waals surface area contributed by atoms with Gasteiger partial charge in [0.1, 0.15) is 23.7 Å². The van der Waals surface area contributed by atoms with Gasteiger partial charge in [-0.1, -0.05) is 109 Å². The van der Waals surface area contributed by atoms with Gasteiger partial charge in [0.15, 0.2) is 0 Å². The van der Waals surface area contributed by atoms with Gasteiger partial charge < -0.3 is 29.3 Å². The standard InChI is InChI=1S/C40H40ClN3O7/c1-25-35(27-16-7-4-8-17-27)50-39(49)33-31(20-11-12-21-32(46)42(25)2)51-40-22-13-23-43(29-19-10-9-18-28(29)41)38(48)36(40)44(37(47)34(33)40)30(24-45)26-14-5-3-6-15-26/h3-11,13-20,22,25,30-31,33-36,45H,12,21,23-24H2,1-2H3/b20-11-/t25-,30-,31-,33+,34+,35+,36-,40+/m1/s1. The molecule has 4 aliphatic heterocycles. The highest BCUT2D eigenvalue weighted by atomic mass is 35.5. The number of aliphatic hydroxyl groups is 1. The van der Waals surface area contributed by atoms with Crippen molar-refractivity contribution in [3.8, 4) is 0 Å². The first-order chi connectivity index (χ1) is 24.7. The van der Waals surface area contributed by atoms with Crippen LogP contribution in [0, 0.1) is 11.8 Å². The number of hydrogen-bond donors (Lipinski definition) is 1. The molecule has 11 heteroatoms. The third-order valence-electron chi connectivity index (χ3n) is 10.7. The Morgan fingerprint density at radius 1 is 0.922 bits per heavy atom. The van der Waals surface area contributed by atoms with Crippen LogP contribution < -0.4 is 4.90 Å². The van der Waals surface area contributed by atoms with Crippen LogP contribution in [-0.2, 0) is 28.7 Å². The van der Waals surface area contributed by atoms with E-state index in [2.05, 4.69) is 0 Å². The average Bonchev–Trinajstić information content (AvgIpc) is 3.53. The molecular formula is C40H40ClN3O7. The Kier molecular flexibility index (Phi) is 9.58. The Balaban J connectivity index is 1.38. The predicted molar refractivity (Wildman–Crippen MR) is 190 cm³/mol. The summed E-state index contributed by atoms with van der Waals surface area (Å²) in [7, 11) is 1.69. The SMILES string of the molecule is C[C@@H]1[C@@H](c2ccccc2)OC(=O)[C@@H]2[C@H]3C(=O)N([C@H](CO)c4ccccc4)[C@@H]4C(=O)N(c5ccccc5Cl)CC=C[C@]34O[C@@H]2/C=C\CCC(=O)N1C. The molecule has 2 saturated heterocycles. The van der Waals surface area contributed by atoms with Crippen LogP contribution >= 0.6 is 11.6 Å². The highest BCUT2D eigenvalue weighted by molar-refractivity contribution is 6.34. The number of rotatable bonds is 5. The summed E-state index contributed by atoms with van der Waals surface area (Å²) in [6.07, 6.45) is 5.78. The van der Waals surface area contributed by atoms with Crippen LogP contribution in [0.15, 0.2) is 109 Å². The van der Waals surface area contributed by atoms with Gasteiger partial charge in [0, 0.05) is 20.0 Å². The minimum Gasteiger partial charge on any atom is -0.455 e. The number of nitrogens with zero attached hydrogens (tertiary/aromatic N) is 3. The first kappa shape index (κ1) is 34.7. The number of allylic oxidation sites excluding steroid dienone is 1. The molecule has 2 fully saturated rings. The lowest BCUT2D eigenvalue weighted by Crippen LogP contribution is -2.56. The van der Waals surface area contributed by atoms with Crippen molar-refractivity contribution >= 4 is 41.0 Å². The molecule has 3 amide bonds. The largest absolute Gasteiger partial charge is 0.455 e. The highest BCUT2D eigenvalue weighted by Crippen LogP contribution is 2.55. The normalized spacial score (nSPS) is 30.8. The van der Waals surface area contributed by atoms with E-state index in [1.54, 1.807) is 84.8 Å². The number of carbonyl (C=O) groups excluding carboxylic acids is 4. The summed E-state index contributed by atoms with van der Waals surface area (Å²) >= 11 is 6.62. The third-order valence-corrected chi connectivity index (χ3v) is 11.0. The molecule has 0 radical (unpaired) electrons. The van der Waals surface area contributed by atoms with Crippen LogP contribution in [0.25, 0.3) is 0 Å². The predicted octanol–water partition coefficient (Wildman–Crippen LogP) is 5.04. The van der Waals surface area contributed by atoms with Crippen LogP contribution in [0.4, 0.5) is 5.69 Å². The van der Waals surface area contributed by atoms with Crippen molar-refractivity contribution in [1.29, 1.82) is 0 Å². The van der Waals surface area contributed by atoms with Crippen molar-refractivity contribution in [3.05, 3.63) is 125 Å². The molecule has 8 atom stereocenters. The molecule has 10 nitrogen and oxygen atoms in total. The Hall–Kier alpha value is -4.77. The van der Waals surface area contributed by atoms with Crippen molar-refractivity contribution in [2.75, 3.05) is 25.1 Å². The first-order valence-corrected chi connectivity index (χ1v) is 17.6. The fraction of sp³-hybridized carbons (Fsp3) is 0.350. The zero-order valence-corrected chi connectivity index (χ0v) is 29.1. The number of fused-ring (bicyclic) bond motifs is 2. The Morgan fingerprint density at radius 2 is 1.61 bits per heavy atom. The van der Waals surface area contributed by atoms with E-state index in [0.717, 1.165) is 0 Å². The van der Waals surface area contributed by atoms with E-state index >= 15 is 4.79 Å². The number of likely N-dealkylation sites (N-methyl/N-ethyl adjacent to an activating group) is 1. The van der Waals surface area contributed by atoms with Gasteiger partial charge in [-0.05, 0) is 36.6 Å². The number of amides is 3. The van der Waals surface area contributed by atoms with Crippen molar-refractivity contribution in [2.45, 2.75) is 55.7 Å². The quantitative estimate of drug-likeness (QED) is 0.292.